The Hall–Kier alpha value is -1.17. The molecule has 2 rings (SSSR count). The van der Waals surface area contributed by atoms with Crippen LogP contribution in [-0.4, -0.2) is 5.11 Å². The van der Waals surface area contributed by atoms with Crippen molar-refractivity contribution < 1.29 is 27.1 Å². The predicted octanol–water partition coefficient (Wildman–Crippen LogP) is 4.63. The summed E-state index contributed by atoms with van der Waals surface area (Å²) in [7, 11) is 0. The maximum atomic E-state index is 13.7. The molecule has 0 aromatic heterocycles. The normalized spacial score (nSPS) is 24.1. The van der Waals surface area contributed by atoms with Crippen molar-refractivity contribution >= 4 is 0 Å². The zero-order valence-corrected chi connectivity index (χ0v) is 11.6. The molecule has 1 nitrogen and oxygen atoms in total. The van der Waals surface area contributed by atoms with Crippen LogP contribution >= 0.6 is 0 Å². The van der Waals surface area contributed by atoms with Gasteiger partial charge < -0.3 is 5.11 Å². The first-order chi connectivity index (χ1) is 9.88. The first-order valence-corrected chi connectivity index (χ1v) is 7.07. The van der Waals surface area contributed by atoms with Gasteiger partial charge in [0.15, 0.2) is 23.3 Å². The lowest BCUT2D eigenvalue weighted by molar-refractivity contribution is 0.0602. The molecule has 3 unspecified atom stereocenters. The molecule has 0 bridgehead atoms. The third-order valence-electron chi connectivity index (χ3n) is 4.39. The molecule has 1 aliphatic rings. The van der Waals surface area contributed by atoms with E-state index in [1.54, 1.807) is 0 Å². The minimum absolute atomic E-state index is 0.305. The van der Waals surface area contributed by atoms with Crippen LogP contribution in [0.3, 0.4) is 0 Å². The minimum Gasteiger partial charge on any atom is -0.388 e. The fourth-order valence-electron chi connectivity index (χ4n) is 3.11. The van der Waals surface area contributed by atoms with E-state index in [0.29, 0.717) is 18.8 Å². The Kier molecular flexibility index (Phi) is 4.86. The number of aliphatic hydroxyl groups is 1. The Labute approximate surface area is 119 Å². The standard InChI is InChI=1S/C15H17F5O/c1-2-7-4-3-5-8(6-7)15(21)9-10(16)12(18)14(20)13(19)11(9)17/h7-8,15,21H,2-6H2,1H3. The van der Waals surface area contributed by atoms with Crippen molar-refractivity contribution in [3.05, 3.63) is 34.6 Å². The van der Waals surface area contributed by atoms with Gasteiger partial charge in [-0.1, -0.05) is 26.2 Å². The number of aliphatic hydroxyl groups excluding tert-OH is 1. The van der Waals surface area contributed by atoms with Crippen molar-refractivity contribution in [3.8, 4) is 0 Å². The summed E-state index contributed by atoms with van der Waals surface area (Å²) in [4.78, 5) is 0. The van der Waals surface area contributed by atoms with Crippen molar-refractivity contribution in [3.63, 3.8) is 0 Å². The third-order valence-corrected chi connectivity index (χ3v) is 4.39. The average Bonchev–Trinajstić information content (AvgIpc) is 2.51. The lowest BCUT2D eigenvalue weighted by atomic mass is 9.76. The van der Waals surface area contributed by atoms with Gasteiger partial charge in [0.25, 0.3) is 0 Å². The van der Waals surface area contributed by atoms with Crippen LogP contribution < -0.4 is 0 Å². The highest BCUT2D eigenvalue weighted by Crippen LogP contribution is 2.40. The third kappa shape index (κ3) is 2.91. The van der Waals surface area contributed by atoms with E-state index in [4.69, 9.17) is 0 Å². The molecule has 0 saturated heterocycles. The Balaban J connectivity index is 2.37. The molecule has 0 aliphatic heterocycles. The summed E-state index contributed by atoms with van der Waals surface area (Å²) < 4.78 is 66.8. The summed E-state index contributed by atoms with van der Waals surface area (Å²) in [5.41, 5.74) is -1.10. The zero-order chi connectivity index (χ0) is 15.7. The maximum absolute atomic E-state index is 13.7. The predicted molar refractivity (Wildman–Crippen MR) is 66.9 cm³/mol. The summed E-state index contributed by atoms with van der Waals surface area (Å²) >= 11 is 0. The van der Waals surface area contributed by atoms with Crippen LogP contribution in [0.2, 0.25) is 0 Å². The van der Waals surface area contributed by atoms with Crippen LogP contribution in [0.1, 0.15) is 50.7 Å². The molecule has 0 heterocycles. The van der Waals surface area contributed by atoms with Gasteiger partial charge in [-0.2, -0.15) is 0 Å². The second-order valence-corrected chi connectivity index (χ2v) is 5.63. The van der Waals surface area contributed by atoms with E-state index >= 15 is 0 Å². The molecule has 21 heavy (non-hydrogen) atoms. The molecular formula is C15H17F5O. The number of halogens is 5. The summed E-state index contributed by atoms with van der Waals surface area (Å²) in [6.07, 6.45) is 1.95. The highest BCUT2D eigenvalue weighted by atomic mass is 19.2. The van der Waals surface area contributed by atoms with E-state index in [9.17, 15) is 27.1 Å². The fourth-order valence-corrected chi connectivity index (χ4v) is 3.11. The molecule has 0 amide bonds. The number of benzene rings is 1. The largest absolute Gasteiger partial charge is 0.388 e. The Bertz CT molecular complexity index is 502. The molecule has 118 valence electrons. The van der Waals surface area contributed by atoms with Crippen LogP contribution in [0.5, 0.6) is 0 Å². The Morgan fingerprint density at radius 2 is 1.48 bits per heavy atom. The van der Waals surface area contributed by atoms with Crippen LogP contribution in [-0.2, 0) is 0 Å². The van der Waals surface area contributed by atoms with Gasteiger partial charge in [-0.25, -0.2) is 22.0 Å². The first kappa shape index (κ1) is 16.2. The van der Waals surface area contributed by atoms with Gasteiger partial charge in [0.1, 0.15) is 0 Å². The number of hydrogen-bond acceptors (Lipinski definition) is 1. The van der Waals surface area contributed by atoms with Crippen molar-refractivity contribution in [1.29, 1.82) is 0 Å². The minimum atomic E-state index is -2.20. The van der Waals surface area contributed by atoms with Gasteiger partial charge in [-0.15, -0.1) is 0 Å². The average molecular weight is 308 g/mol. The van der Waals surface area contributed by atoms with Gasteiger partial charge in [-0.3, -0.25) is 0 Å². The zero-order valence-electron chi connectivity index (χ0n) is 11.6. The summed E-state index contributed by atoms with van der Waals surface area (Å²) in [6, 6.07) is 0. The first-order valence-electron chi connectivity index (χ1n) is 7.07. The van der Waals surface area contributed by atoms with E-state index in [0.717, 1.165) is 19.3 Å². The van der Waals surface area contributed by atoms with E-state index in [1.165, 1.54) is 0 Å². The van der Waals surface area contributed by atoms with Crippen molar-refractivity contribution in [1.82, 2.24) is 0 Å². The van der Waals surface area contributed by atoms with E-state index in [1.807, 2.05) is 6.92 Å². The van der Waals surface area contributed by atoms with Crippen LogP contribution in [0.15, 0.2) is 0 Å². The molecule has 1 fully saturated rings. The summed E-state index contributed by atoms with van der Waals surface area (Å²) in [5.74, 6) is -10.3. The topological polar surface area (TPSA) is 20.2 Å². The number of hydrogen-bond donors (Lipinski definition) is 1. The maximum Gasteiger partial charge on any atom is 0.200 e. The van der Waals surface area contributed by atoms with Crippen molar-refractivity contribution in [2.24, 2.45) is 11.8 Å². The van der Waals surface area contributed by atoms with Crippen LogP contribution in [0.25, 0.3) is 0 Å². The molecule has 0 radical (unpaired) electrons. The molecule has 6 heteroatoms. The van der Waals surface area contributed by atoms with E-state index in [-0.39, 0.29) is 0 Å². The Morgan fingerprint density at radius 3 is 2.00 bits per heavy atom. The molecule has 3 atom stereocenters. The highest BCUT2D eigenvalue weighted by molar-refractivity contribution is 5.26. The molecule has 0 spiro atoms. The van der Waals surface area contributed by atoms with Gasteiger partial charge in [-0.05, 0) is 24.7 Å². The lowest BCUT2D eigenvalue weighted by Gasteiger charge is -2.32. The smallest absolute Gasteiger partial charge is 0.200 e. The quantitative estimate of drug-likeness (QED) is 0.490. The molecule has 1 aliphatic carbocycles. The van der Waals surface area contributed by atoms with Crippen molar-refractivity contribution in [2.45, 2.75) is 45.1 Å². The molecular weight excluding hydrogens is 291 g/mol. The molecule has 1 aromatic rings. The SMILES string of the molecule is CCC1CCCC(C(O)c2c(F)c(F)c(F)c(F)c2F)C1. The summed E-state index contributed by atoms with van der Waals surface area (Å²) in [6.45, 7) is 1.97. The van der Waals surface area contributed by atoms with E-state index < -0.39 is 46.7 Å². The highest BCUT2D eigenvalue weighted by Gasteiger charge is 2.35. The molecule has 1 aromatic carbocycles. The van der Waals surface area contributed by atoms with Gasteiger partial charge in [0.05, 0.1) is 11.7 Å². The van der Waals surface area contributed by atoms with E-state index in [2.05, 4.69) is 0 Å². The molecule has 1 saturated carbocycles. The van der Waals surface area contributed by atoms with Crippen LogP contribution in [0.4, 0.5) is 22.0 Å². The van der Waals surface area contributed by atoms with Gasteiger partial charge in [0.2, 0.25) is 5.82 Å². The summed E-state index contributed by atoms with van der Waals surface area (Å²) in [5, 5.41) is 10.1. The second-order valence-electron chi connectivity index (χ2n) is 5.63. The van der Waals surface area contributed by atoms with Crippen LogP contribution in [0, 0.1) is 40.9 Å². The number of rotatable bonds is 3. The fraction of sp³-hybridized carbons (Fsp3) is 0.600. The second kappa shape index (κ2) is 6.30. The van der Waals surface area contributed by atoms with Gasteiger partial charge >= 0.3 is 0 Å². The van der Waals surface area contributed by atoms with Crippen molar-refractivity contribution in [2.75, 3.05) is 0 Å². The Morgan fingerprint density at radius 1 is 0.952 bits per heavy atom. The monoisotopic (exact) mass is 308 g/mol. The van der Waals surface area contributed by atoms with Gasteiger partial charge in [0, 0.05) is 0 Å². The lowest BCUT2D eigenvalue weighted by Crippen LogP contribution is -2.24. The molecule has 1 N–H and O–H groups in total.